The Balaban J connectivity index is 1.28. The molecule has 5 rings (SSSR count). The third-order valence-electron chi connectivity index (χ3n) is 6.71. The van der Waals surface area contributed by atoms with E-state index in [2.05, 4.69) is 20.3 Å². The van der Waals surface area contributed by atoms with Crippen LogP contribution in [0.5, 0.6) is 11.6 Å². The molecule has 0 unspecified atom stereocenters. The van der Waals surface area contributed by atoms with Crippen LogP contribution in [0, 0.1) is 0 Å². The summed E-state index contributed by atoms with van der Waals surface area (Å²) < 4.78 is 28.6. The van der Waals surface area contributed by atoms with E-state index < -0.39 is 30.0 Å². The first-order chi connectivity index (χ1) is 17.6. The summed E-state index contributed by atoms with van der Waals surface area (Å²) in [6.45, 7) is 5.40. The number of aromatic nitrogens is 5. The fourth-order valence-corrected chi connectivity index (χ4v) is 5.08. The molecule has 37 heavy (non-hydrogen) atoms. The lowest BCUT2D eigenvalue weighted by atomic mass is 9.82. The molecule has 0 aliphatic carbocycles. The van der Waals surface area contributed by atoms with Crippen molar-refractivity contribution in [2.45, 2.75) is 76.4 Å². The molecule has 196 valence electrons. The second-order valence-corrected chi connectivity index (χ2v) is 10.6. The quantitative estimate of drug-likeness (QED) is 0.553. The Hall–Kier alpha value is -3.76. The molecule has 1 N–H and O–H groups in total. The number of ether oxygens (including phenoxy) is 2. The molecule has 0 radical (unpaired) electrons. The van der Waals surface area contributed by atoms with Crippen molar-refractivity contribution in [2.75, 3.05) is 0 Å². The second-order valence-electron chi connectivity index (χ2n) is 10.6. The number of phenols is 1. The molecule has 11 heteroatoms. The van der Waals surface area contributed by atoms with E-state index in [1.807, 2.05) is 19.3 Å². The van der Waals surface area contributed by atoms with E-state index in [0.29, 0.717) is 18.4 Å². The van der Waals surface area contributed by atoms with E-state index in [-0.39, 0.29) is 23.5 Å². The highest BCUT2D eigenvalue weighted by molar-refractivity contribution is 5.72. The number of amides is 1. The number of fused-ring (bicyclic) bond motifs is 2. The van der Waals surface area contributed by atoms with Crippen molar-refractivity contribution in [2.24, 2.45) is 7.05 Å². The normalized spacial score (nSPS) is 23.5. The van der Waals surface area contributed by atoms with Gasteiger partial charge in [-0.2, -0.15) is 5.10 Å². The number of alkyl halides is 1. The monoisotopic (exact) mass is 510 g/mol. The van der Waals surface area contributed by atoms with E-state index in [0.717, 1.165) is 24.0 Å². The van der Waals surface area contributed by atoms with Crippen LogP contribution >= 0.6 is 0 Å². The smallest absolute Gasteiger partial charge is 0.410 e. The summed E-state index contributed by atoms with van der Waals surface area (Å²) >= 11 is 0. The van der Waals surface area contributed by atoms with Crippen LogP contribution in [0.15, 0.2) is 36.8 Å². The molecule has 0 saturated carbocycles. The number of aromatic hydroxyl groups is 1. The number of hydrogen-bond donors (Lipinski definition) is 1. The van der Waals surface area contributed by atoms with Gasteiger partial charge in [0.05, 0.1) is 24.0 Å². The van der Waals surface area contributed by atoms with Gasteiger partial charge in [0.1, 0.15) is 17.5 Å². The highest BCUT2D eigenvalue weighted by Gasteiger charge is 2.50. The maximum atomic E-state index is 15.5. The van der Waals surface area contributed by atoms with E-state index in [1.54, 1.807) is 48.7 Å². The number of piperidine rings is 2. The lowest BCUT2D eigenvalue weighted by molar-refractivity contribution is -0.0802. The van der Waals surface area contributed by atoms with Crippen LogP contribution in [0.4, 0.5) is 9.18 Å². The molecule has 10 nitrogen and oxygen atoms in total. The standard InChI is InChI=1S/C26H31FN6O4/c1-26(2,3)37-25(35)33-17-6-5-7-19(33)23(27)21(11-17)36-22-13-28-24(31-30-22)18-9-8-15(10-20(18)34)16-12-29-32(4)14-16/h8-10,12-14,17,19,21,23,34H,5-7,11H2,1-4H3/t17-,19+,21+,23-/m1/s1. The minimum Gasteiger partial charge on any atom is -0.507 e. The van der Waals surface area contributed by atoms with E-state index in [9.17, 15) is 9.90 Å². The van der Waals surface area contributed by atoms with Crippen molar-refractivity contribution in [1.29, 1.82) is 0 Å². The fraction of sp³-hybridized carbons (Fsp3) is 0.500. The van der Waals surface area contributed by atoms with Crippen molar-refractivity contribution in [3.8, 4) is 34.1 Å². The highest BCUT2D eigenvalue weighted by atomic mass is 19.1. The number of rotatable bonds is 4. The van der Waals surface area contributed by atoms with Crippen LogP contribution in [0.2, 0.25) is 0 Å². The Morgan fingerprint density at radius 2 is 1.97 bits per heavy atom. The first-order valence-corrected chi connectivity index (χ1v) is 12.4. The van der Waals surface area contributed by atoms with Gasteiger partial charge in [-0.15, -0.1) is 10.2 Å². The molecule has 4 heterocycles. The van der Waals surface area contributed by atoms with Crippen LogP contribution in [0.3, 0.4) is 0 Å². The zero-order valence-corrected chi connectivity index (χ0v) is 21.3. The van der Waals surface area contributed by atoms with Crippen molar-refractivity contribution >= 4 is 6.09 Å². The number of halogens is 1. The Bertz CT molecular complexity index is 1270. The predicted molar refractivity (Wildman–Crippen MR) is 133 cm³/mol. The summed E-state index contributed by atoms with van der Waals surface area (Å²) in [5.74, 6) is 0.311. The SMILES string of the molecule is Cn1cc(-c2ccc(-c3ncc(O[C@H]4C[C@H]5CCC[C@@H]([C@H]4F)N5C(=O)OC(C)(C)C)nn3)c(O)c2)cn1. The average Bonchev–Trinajstić information content (AvgIpc) is 3.28. The lowest BCUT2D eigenvalue weighted by Gasteiger charge is -2.49. The predicted octanol–water partition coefficient (Wildman–Crippen LogP) is 4.29. The molecule has 2 aliphatic heterocycles. The summed E-state index contributed by atoms with van der Waals surface area (Å²) in [5, 5.41) is 22.9. The molecular formula is C26H31FN6O4. The molecule has 2 bridgehead atoms. The number of nitrogens with zero attached hydrogens (tertiary/aromatic N) is 6. The summed E-state index contributed by atoms with van der Waals surface area (Å²) in [4.78, 5) is 18.6. The summed E-state index contributed by atoms with van der Waals surface area (Å²) in [5.41, 5.74) is 1.44. The maximum Gasteiger partial charge on any atom is 0.410 e. The molecular weight excluding hydrogens is 479 g/mol. The molecule has 2 aliphatic rings. The number of hydrogen-bond acceptors (Lipinski definition) is 8. The largest absolute Gasteiger partial charge is 0.507 e. The second kappa shape index (κ2) is 9.60. The van der Waals surface area contributed by atoms with Gasteiger partial charge in [-0.3, -0.25) is 9.58 Å². The number of carbonyl (C=O) groups is 1. The number of aryl methyl sites for hydroxylation is 1. The molecule has 4 atom stereocenters. The first-order valence-electron chi connectivity index (χ1n) is 12.4. The Morgan fingerprint density at radius 3 is 2.62 bits per heavy atom. The maximum absolute atomic E-state index is 15.5. The Labute approximate surface area is 214 Å². The van der Waals surface area contributed by atoms with E-state index >= 15 is 4.39 Å². The topological polar surface area (TPSA) is 115 Å². The zero-order chi connectivity index (χ0) is 26.3. The Kier molecular flexibility index (Phi) is 6.47. The molecule has 2 saturated heterocycles. The number of carbonyl (C=O) groups excluding carboxylic acids is 1. The average molecular weight is 511 g/mol. The molecule has 2 fully saturated rings. The number of phenolic OH excluding ortho intramolecular Hbond substituents is 1. The van der Waals surface area contributed by atoms with E-state index in [4.69, 9.17) is 9.47 Å². The van der Waals surface area contributed by atoms with Gasteiger partial charge in [-0.25, -0.2) is 14.2 Å². The third-order valence-corrected chi connectivity index (χ3v) is 6.71. The van der Waals surface area contributed by atoms with Crippen LogP contribution in [-0.2, 0) is 11.8 Å². The number of benzene rings is 1. The van der Waals surface area contributed by atoms with Gasteiger partial charge in [-0.05, 0) is 57.7 Å². The van der Waals surface area contributed by atoms with Gasteiger partial charge in [0.2, 0.25) is 0 Å². The van der Waals surface area contributed by atoms with Crippen molar-refractivity contribution in [3.05, 3.63) is 36.8 Å². The minimum atomic E-state index is -1.39. The molecule has 1 amide bonds. The van der Waals surface area contributed by atoms with Crippen LogP contribution in [0.1, 0.15) is 46.5 Å². The van der Waals surface area contributed by atoms with Gasteiger partial charge in [0, 0.05) is 31.3 Å². The summed E-state index contributed by atoms with van der Waals surface area (Å²) in [6, 6.07) is 4.39. The highest BCUT2D eigenvalue weighted by Crippen LogP contribution is 2.38. The molecule has 3 aromatic rings. The van der Waals surface area contributed by atoms with Gasteiger partial charge in [0.25, 0.3) is 5.88 Å². The van der Waals surface area contributed by atoms with Crippen LogP contribution in [0.25, 0.3) is 22.5 Å². The van der Waals surface area contributed by atoms with Crippen molar-refractivity contribution < 1.29 is 23.8 Å². The van der Waals surface area contributed by atoms with Crippen LogP contribution < -0.4 is 4.74 Å². The Morgan fingerprint density at radius 1 is 1.16 bits per heavy atom. The molecule has 1 aromatic carbocycles. The first kappa shape index (κ1) is 24.9. The fourth-order valence-electron chi connectivity index (χ4n) is 5.08. The minimum absolute atomic E-state index is 0.00276. The van der Waals surface area contributed by atoms with Gasteiger partial charge in [0.15, 0.2) is 12.0 Å². The van der Waals surface area contributed by atoms with Gasteiger partial charge < -0.3 is 14.6 Å². The lowest BCUT2D eigenvalue weighted by Crippen LogP contribution is -2.63. The third kappa shape index (κ3) is 5.21. The summed E-state index contributed by atoms with van der Waals surface area (Å²) in [7, 11) is 1.82. The molecule has 0 spiro atoms. The zero-order valence-electron chi connectivity index (χ0n) is 21.3. The van der Waals surface area contributed by atoms with Gasteiger partial charge in [-0.1, -0.05) is 6.07 Å². The molecule has 2 aromatic heterocycles. The summed E-state index contributed by atoms with van der Waals surface area (Å²) in [6.07, 6.45) is 4.78. The van der Waals surface area contributed by atoms with Crippen molar-refractivity contribution in [1.82, 2.24) is 29.9 Å². The van der Waals surface area contributed by atoms with Crippen LogP contribution in [-0.4, -0.2) is 71.0 Å². The van der Waals surface area contributed by atoms with E-state index in [1.165, 1.54) is 6.20 Å². The van der Waals surface area contributed by atoms with Crippen molar-refractivity contribution in [3.63, 3.8) is 0 Å². The van der Waals surface area contributed by atoms with Gasteiger partial charge >= 0.3 is 6.09 Å².